The molecule has 0 saturated carbocycles. The molecule has 1 heteroatoms. The van der Waals surface area contributed by atoms with Gasteiger partial charge in [-0.1, -0.05) is 94.3 Å². The van der Waals surface area contributed by atoms with E-state index in [1.165, 1.54) is 50.1 Å². The van der Waals surface area contributed by atoms with Gasteiger partial charge in [0.2, 0.25) is 0 Å². The fourth-order valence-corrected chi connectivity index (χ4v) is 5.59. The topological polar surface area (TPSA) is 0 Å². The van der Waals surface area contributed by atoms with E-state index in [0.29, 0.717) is 0 Å². The molecule has 0 N–H and O–H groups in total. The van der Waals surface area contributed by atoms with Crippen LogP contribution in [0.5, 0.6) is 0 Å². The monoisotopic (exact) mass is 408 g/mol. The molecule has 0 aromatic heterocycles. The minimum Gasteiger partial charge on any atom is -0.0619 e. The summed E-state index contributed by atoms with van der Waals surface area (Å²) in [4.78, 5) is 0. The highest BCUT2D eigenvalue weighted by molar-refractivity contribution is 9.10. The molecular formula is C26H17Br. The van der Waals surface area contributed by atoms with Crippen molar-refractivity contribution in [1.82, 2.24) is 0 Å². The highest BCUT2D eigenvalue weighted by atomic mass is 79.9. The van der Waals surface area contributed by atoms with Crippen LogP contribution in [0.2, 0.25) is 0 Å². The molecule has 2 aliphatic carbocycles. The number of hydrogen-bond acceptors (Lipinski definition) is 0. The van der Waals surface area contributed by atoms with E-state index in [1.807, 2.05) is 0 Å². The van der Waals surface area contributed by atoms with Crippen LogP contribution in [-0.2, 0) is 5.41 Å². The highest BCUT2D eigenvalue weighted by Gasteiger charge is 2.51. The van der Waals surface area contributed by atoms with E-state index in [9.17, 15) is 0 Å². The van der Waals surface area contributed by atoms with Crippen LogP contribution in [0.4, 0.5) is 0 Å². The molecule has 0 heterocycles. The average molecular weight is 409 g/mol. The molecule has 0 saturated heterocycles. The van der Waals surface area contributed by atoms with Gasteiger partial charge in [0.1, 0.15) is 0 Å². The molecule has 0 fully saturated rings. The van der Waals surface area contributed by atoms with Crippen LogP contribution >= 0.6 is 15.9 Å². The van der Waals surface area contributed by atoms with Crippen LogP contribution in [0.3, 0.4) is 0 Å². The summed E-state index contributed by atoms with van der Waals surface area (Å²) < 4.78 is 1.13. The highest BCUT2D eigenvalue weighted by Crippen LogP contribution is 2.62. The van der Waals surface area contributed by atoms with Gasteiger partial charge in [-0.3, -0.25) is 0 Å². The standard InChI is InChI=1S/C26H17Br/c1-16-10-12-20-21-13-11-17(27)15-25(21)26(24(20)14-16)22-8-4-2-6-18(22)19-7-3-5-9-23(19)26/h2-15H,1H3. The zero-order valence-electron chi connectivity index (χ0n) is 15.0. The first-order valence-corrected chi connectivity index (χ1v) is 10.1. The first kappa shape index (κ1) is 15.4. The lowest BCUT2D eigenvalue weighted by Gasteiger charge is -2.30. The molecular weight excluding hydrogens is 392 g/mol. The van der Waals surface area contributed by atoms with Gasteiger partial charge in [0, 0.05) is 4.47 Å². The minimum atomic E-state index is -0.229. The average Bonchev–Trinajstić information content (AvgIpc) is 3.14. The maximum Gasteiger partial charge on any atom is 0.0726 e. The normalized spacial score (nSPS) is 14.6. The second-order valence-electron chi connectivity index (χ2n) is 7.58. The summed E-state index contributed by atoms with van der Waals surface area (Å²) in [5.74, 6) is 0. The quantitative estimate of drug-likeness (QED) is 0.251. The molecule has 0 atom stereocenters. The molecule has 4 aromatic carbocycles. The Hall–Kier alpha value is -2.64. The van der Waals surface area contributed by atoms with Gasteiger partial charge in [0.15, 0.2) is 0 Å². The number of rotatable bonds is 0. The van der Waals surface area contributed by atoms with Gasteiger partial charge in [-0.25, -0.2) is 0 Å². The predicted octanol–water partition coefficient (Wildman–Crippen LogP) is 7.10. The number of benzene rings is 4. The van der Waals surface area contributed by atoms with Gasteiger partial charge >= 0.3 is 0 Å². The van der Waals surface area contributed by atoms with Crippen LogP contribution < -0.4 is 0 Å². The number of fused-ring (bicyclic) bond motifs is 10. The zero-order valence-corrected chi connectivity index (χ0v) is 16.5. The third-order valence-corrected chi connectivity index (χ3v) is 6.70. The van der Waals surface area contributed by atoms with Gasteiger partial charge in [-0.15, -0.1) is 0 Å². The molecule has 1 spiro atoms. The third-order valence-electron chi connectivity index (χ3n) is 6.21. The van der Waals surface area contributed by atoms with Crippen molar-refractivity contribution in [2.45, 2.75) is 12.3 Å². The van der Waals surface area contributed by atoms with E-state index in [1.54, 1.807) is 0 Å². The van der Waals surface area contributed by atoms with Gasteiger partial charge in [0.25, 0.3) is 0 Å². The van der Waals surface area contributed by atoms with Crippen molar-refractivity contribution < 1.29 is 0 Å². The van der Waals surface area contributed by atoms with Gasteiger partial charge < -0.3 is 0 Å². The molecule has 2 aliphatic rings. The molecule has 4 aromatic rings. The van der Waals surface area contributed by atoms with E-state index in [2.05, 4.69) is 108 Å². The molecule has 27 heavy (non-hydrogen) atoms. The van der Waals surface area contributed by atoms with Crippen molar-refractivity contribution in [3.05, 3.63) is 117 Å². The molecule has 0 radical (unpaired) electrons. The molecule has 0 nitrogen and oxygen atoms in total. The number of halogens is 1. The summed E-state index contributed by atoms with van der Waals surface area (Å²) in [7, 11) is 0. The van der Waals surface area contributed by atoms with Crippen LogP contribution in [0.15, 0.2) is 89.4 Å². The summed E-state index contributed by atoms with van der Waals surface area (Å²) in [5.41, 5.74) is 12.1. The lowest BCUT2D eigenvalue weighted by molar-refractivity contribution is 0.792. The van der Waals surface area contributed by atoms with Crippen molar-refractivity contribution in [3.8, 4) is 22.3 Å². The second-order valence-corrected chi connectivity index (χ2v) is 8.50. The van der Waals surface area contributed by atoms with Crippen LogP contribution in [0.25, 0.3) is 22.3 Å². The Morgan fingerprint density at radius 1 is 0.556 bits per heavy atom. The fraction of sp³-hybridized carbons (Fsp3) is 0.0769. The Kier molecular flexibility index (Phi) is 2.97. The Morgan fingerprint density at radius 3 is 1.74 bits per heavy atom. The number of hydrogen-bond donors (Lipinski definition) is 0. The Balaban J connectivity index is 1.88. The summed E-state index contributed by atoms with van der Waals surface area (Å²) >= 11 is 3.73. The Labute approximate surface area is 167 Å². The Morgan fingerprint density at radius 2 is 1.07 bits per heavy atom. The maximum absolute atomic E-state index is 3.73. The lowest BCUT2D eigenvalue weighted by atomic mass is 9.70. The van der Waals surface area contributed by atoms with Crippen LogP contribution in [-0.4, -0.2) is 0 Å². The maximum atomic E-state index is 3.73. The third kappa shape index (κ3) is 1.78. The predicted molar refractivity (Wildman–Crippen MR) is 115 cm³/mol. The first-order chi connectivity index (χ1) is 13.2. The first-order valence-electron chi connectivity index (χ1n) is 9.32. The molecule has 0 unspecified atom stereocenters. The van der Waals surface area contributed by atoms with Crippen LogP contribution in [0, 0.1) is 6.92 Å². The molecule has 0 aliphatic heterocycles. The van der Waals surface area contributed by atoms with Crippen LogP contribution in [0.1, 0.15) is 27.8 Å². The second kappa shape index (κ2) is 5.21. The Bertz CT molecular complexity index is 1150. The molecule has 128 valence electrons. The smallest absolute Gasteiger partial charge is 0.0619 e. The molecule has 0 amide bonds. The van der Waals surface area contributed by atoms with E-state index < -0.39 is 0 Å². The van der Waals surface area contributed by atoms with Gasteiger partial charge in [0.05, 0.1) is 5.41 Å². The number of aryl methyl sites for hydroxylation is 1. The van der Waals surface area contributed by atoms with Gasteiger partial charge in [-0.05, 0) is 63.6 Å². The van der Waals surface area contributed by atoms with Crippen molar-refractivity contribution in [2.75, 3.05) is 0 Å². The fourth-order valence-electron chi connectivity index (χ4n) is 5.23. The van der Waals surface area contributed by atoms with Gasteiger partial charge in [-0.2, -0.15) is 0 Å². The van der Waals surface area contributed by atoms with E-state index in [0.717, 1.165) is 4.47 Å². The van der Waals surface area contributed by atoms with Crippen molar-refractivity contribution in [2.24, 2.45) is 0 Å². The van der Waals surface area contributed by atoms with E-state index >= 15 is 0 Å². The van der Waals surface area contributed by atoms with Crippen molar-refractivity contribution in [3.63, 3.8) is 0 Å². The van der Waals surface area contributed by atoms with E-state index in [-0.39, 0.29) is 5.41 Å². The van der Waals surface area contributed by atoms with E-state index in [4.69, 9.17) is 0 Å². The van der Waals surface area contributed by atoms with Crippen molar-refractivity contribution >= 4 is 15.9 Å². The summed E-state index contributed by atoms with van der Waals surface area (Å²) in [5, 5.41) is 0. The largest absolute Gasteiger partial charge is 0.0726 e. The molecule has 6 rings (SSSR count). The molecule has 0 bridgehead atoms. The zero-order chi connectivity index (χ0) is 18.2. The van der Waals surface area contributed by atoms with Crippen molar-refractivity contribution in [1.29, 1.82) is 0 Å². The minimum absolute atomic E-state index is 0.229. The SMILES string of the molecule is Cc1ccc2c(c1)C1(c3ccccc3-c3ccccc31)c1cc(Br)ccc1-2. The summed E-state index contributed by atoms with van der Waals surface area (Å²) in [6, 6.07) is 31.5. The summed E-state index contributed by atoms with van der Waals surface area (Å²) in [6.45, 7) is 2.19. The summed E-state index contributed by atoms with van der Waals surface area (Å²) in [6.07, 6.45) is 0. The lowest BCUT2D eigenvalue weighted by Crippen LogP contribution is -2.25.